The van der Waals surface area contributed by atoms with Gasteiger partial charge in [-0.05, 0) is 19.1 Å². The van der Waals surface area contributed by atoms with Crippen LogP contribution < -0.4 is 11.1 Å². The Hall–Kier alpha value is -1.75. The molecule has 0 fully saturated rings. The Morgan fingerprint density at radius 1 is 1.48 bits per heavy atom. The lowest BCUT2D eigenvalue weighted by atomic mass is 10.3. The largest absolute Gasteiger partial charge is 0.593 e. The summed E-state index contributed by atoms with van der Waals surface area (Å²) in [6.07, 6.45) is -4.64. The molecule has 23 heavy (non-hydrogen) atoms. The number of rotatable bonds is 6. The Kier molecular flexibility index (Phi) is 6.88. The van der Waals surface area contributed by atoms with E-state index >= 15 is 0 Å². The van der Waals surface area contributed by atoms with Gasteiger partial charge < -0.3 is 15.6 Å². The van der Waals surface area contributed by atoms with Crippen molar-refractivity contribution in [1.82, 2.24) is 9.29 Å². The molecule has 1 heterocycles. The van der Waals surface area contributed by atoms with E-state index in [2.05, 4.69) is 15.3 Å². The van der Waals surface area contributed by atoms with Gasteiger partial charge >= 0.3 is 6.18 Å². The van der Waals surface area contributed by atoms with Gasteiger partial charge in [-0.1, -0.05) is 0 Å². The zero-order chi connectivity index (χ0) is 17.6. The van der Waals surface area contributed by atoms with E-state index in [1.807, 2.05) is 0 Å². The van der Waals surface area contributed by atoms with Crippen LogP contribution in [0.1, 0.15) is 12.6 Å². The van der Waals surface area contributed by atoms with Gasteiger partial charge in [-0.25, -0.2) is 9.37 Å². The Morgan fingerprint density at radius 2 is 2.13 bits per heavy atom. The summed E-state index contributed by atoms with van der Waals surface area (Å²) in [7, 11) is 1.54. The van der Waals surface area contributed by atoms with Crippen molar-refractivity contribution in [2.24, 2.45) is 10.7 Å². The number of aromatic nitrogens is 1. The number of aliphatic imine (C=N–C) groups is 1. The standard InChI is InChI=1S/C12H17F4N5OS/c1-3-19-11(17)21(7-12(14,15)16)23(22)6-9-8(13)4-5-10(18-2)20-9/h4-5H,3,6-7H2,1-2H3,(H2,17,19)(H,18,20). The number of anilines is 1. The third kappa shape index (κ3) is 6.10. The average Bonchev–Trinajstić information content (AvgIpc) is 2.46. The minimum atomic E-state index is -4.64. The van der Waals surface area contributed by atoms with Crippen molar-refractivity contribution in [2.45, 2.75) is 18.9 Å². The zero-order valence-corrected chi connectivity index (χ0v) is 13.3. The summed E-state index contributed by atoms with van der Waals surface area (Å²) in [5.74, 6) is -1.54. The Bertz CT molecular complexity index is 555. The Labute approximate surface area is 134 Å². The highest BCUT2D eigenvalue weighted by Gasteiger charge is 2.38. The fourth-order valence-corrected chi connectivity index (χ4v) is 2.73. The predicted molar refractivity (Wildman–Crippen MR) is 80.5 cm³/mol. The monoisotopic (exact) mass is 355 g/mol. The van der Waals surface area contributed by atoms with Gasteiger partial charge in [0.1, 0.15) is 17.3 Å². The fraction of sp³-hybridized carbons (Fsp3) is 0.500. The van der Waals surface area contributed by atoms with Gasteiger partial charge in [0.25, 0.3) is 0 Å². The van der Waals surface area contributed by atoms with Crippen LogP contribution in [0.15, 0.2) is 17.1 Å². The summed E-state index contributed by atoms with van der Waals surface area (Å²) in [5, 5.41) is 2.66. The molecule has 0 aromatic carbocycles. The summed E-state index contributed by atoms with van der Waals surface area (Å²) in [6, 6.07) is 2.44. The number of halogens is 4. The second kappa shape index (κ2) is 8.20. The molecule has 0 saturated carbocycles. The molecule has 0 saturated heterocycles. The molecule has 0 aliphatic heterocycles. The molecule has 0 spiro atoms. The smallest absolute Gasteiger partial charge is 0.410 e. The minimum absolute atomic E-state index is 0.124. The van der Waals surface area contributed by atoms with Crippen LogP contribution in [0, 0.1) is 5.82 Å². The molecule has 11 heteroatoms. The lowest BCUT2D eigenvalue weighted by Crippen LogP contribution is -2.47. The van der Waals surface area contributed by atoms with Crippen molar-refractivity contribution in [1.29, 1.82) is 0 Å². The number of nitrogens with two attached hydrogens (primary N) is 1. The maximum Gasteiger partial charge on any atom is 0.410 e. The molecule has 1 rings (SSSR count). The van der Waals surface area contributed by atoms with Crippen molar-refractivity contribution in [3.8, 4) is 0 Å². The number of nitrogens with zero attached hydrogens (tertiary/aromatic N) is 3. The van der Waals surface area contributed by atoms with E-state index in [0.717, 1.165) is 6.07 Å². The Morgan fingerprint density at radius 3 is 2.65 bits per heavy atom. The second-order valence-electron chi connectivity index (χ2n) is 4.33. The highest BCUT2D eigenvalue weighted by molar-refractivity contribution is 7.88. The van der Waals surface area contributed by atoms with Crippen LogP contribution in [0.25, 0.3) is 0 Å². The molecule has 0 amide bonds. The highest BCUT2D eigenvalue weighted by atomic mass is 32.2. The van der Waals surface area contributed by atoms with Crippen molar-refractivity contribution < 1.29 is 22.1 Å². The normalized spacial score (nSPS) is 13.8. The van der Waals surface area contributed by atoms with Gasteiger partial charge in [0.05, 0.1) is 11.4 Å². The van der Waals surface area contributed by atoms with E-state index in [1.54, 1.807) is 14.0 Å². The third-order valence-electron chi connectivity index (χ3n) is 2.58. The summed E-state index contributed by atoms with van der Waals surface area (Å²) in [6.45, 7) is 0.140. The number of guanidine groups is 1. The summed E-state index contributed by atoms with van der Waals surface area (Å²) >= 11 is -2.28. The molecule has 6 nitrogen and oxygen atoms in total. The number of pyridine rings is 1. The molecular formula is C12H17F4N5OS. The molecule has 130 valence electrons. The van der Waals surface area contributed by atoms with E-state index in [1.165, 1.54) is 6.07 Å². The van der Waals surface area contributed by atoms with Crippen LogP contribution in [0.2, 0.25) is 0 Å². The van der Waals surface area contributed by atoms with Crippen LogP contribution in [-0.4, -0.2) is 46.1 Å². The van der Waals surface area contributed by atoms with Crippen molar-refractivity contribution in [2.75, 3.05) is 25.5 Å². The van der Waals surface area contributed by atoms with E-state index < -0.39 is 41.6 Å². The van der Waals surface area contributed by atoms with Crippen LogP contribution >= 0.6 is 0 Å². The number of hydrogen-bond donors (Lipinski definition) is 2. The lowest BCUT2D eigenvalue weighted by Gasteiger charge is -2.25. The Balaban J connectivity index is 3.01. The summed E-state index contributed by atoms with van der Waals surface area (Å²) < 4.78 is 64.1. The topological polar surface area (TPSA) is 89.6 Å². The second-order valence-corrected chi connectivity index (χ2v) is 5.70. The minimum Gasteiger partial charge on any atom is -0.593 e. The molecular weight excluding hydrogens is 338 g/mol. The first kappa shape index (κ1) is 19.3. The molecule has 3 N–H and O–H groups in total. The quantitative estimate of drug-likeness (QED) is 0.350. The van der Waals surface area contributed by atoms with Gasteiger partial charge in [0.2, 0.25) is 5.96 Å². The molecule has 1 unspecified atom stereocenters. The SMILES string of the molecule is CC/N=C(/N)N(CC(F)(F)F)[S+]([O-])Cc1nc(NC)ccc1F. The van der Waals surface area contributed by atoms with Gasteiger partial charge in [-0.2, -0.15) is 17.5 Å². The third-order valence-corrected chi connectivity index (χ3v) is 3.91. The van der Waals surface area contributed by atoms with Gasteiger partial charge in [0.15, 0.2) is 12.3 Å². The summed E-state index contributed by atoms with van der Waals surface area (Å²) in [4.78, 5) is 7.48. The highest BCUT2D eigenvalue weighted by Crippen LogP contribution is 2.21. The first-order valence-electron chi connectivity index (χ1n) is 6.53. The van der Waals surface area contributed by atoms with Crippen molar-refractivity contribution >= 4 is 23.1 Å². The lowest BCUT2D eigenvalue weighted by molar-refractivity contribution is -0.130. The maximum atomic E-state index is 13.7. The van der Waals surface area contributed by atoms with E-state index in [-0.39, 0.29) is 12.2 Å². The van der Waals surface area contributed by atoms with E-state index in [0.29, 0.717) is 10.1 Å². The number of hydrogen-bond acceptors (Lipinski definition) is 4. The van der Waals surface area contributed by atoms with Crippen molar-refractivity contribution in [3.63, 3.8) is 0 Å². The predicted octanol–water partition coefficient (Wildman–Crippen LogP) is 1.62. The van der Waals surface area contributed by atoms with Gasteiger partial charge in [0, 0.05) is 13.6 Å². The molecule has 0 aliphatic carbocycles. The molecule has 0 radical (unpaired) electrons. The van der Waals surface area contributed by atoms with E-state index in [9.17, 15) is 22.1 Å². The maximum absolute atomic E-state index is 13.7. The first-order valence-corrected chi connectivity index (χ1v) is 7.81. The molecule has 1 atom stereocenters. The molecule has 1 aromatic heterocycles. The summed E-state index contributed by atoms with van der Waals surface area (Å²) in [5.41, 5.74) is 5.21. The van der Waals surface area contributed by atoms with Crippen LogP contribution in [0.4, 0.5) is 23.4 Å². The van der Waals surface area contributed by atoms with Crippen LogP contribution in [0.3, 0.4) is 0 Å². The van der Waals surface area contributed by atoms with Gasteiger partial charge in [-0.3, -0.25) is 4.99 Å². The average molecular weight is 355 g/mol. The molecule has 0 bridgehead atoms. The van der Waals surface area contributed by atoms with Crippen LogP contribution in [-0.2, 0) is 17.1 Å². The number of nitrogens with one attached hydrogen (secondary N) is 1. The zero-order valence-electron chi connectivity index (χ0n) is 12.5. The van der Waals surface area contributed by atoms with Gasteiger partial charge in [-0.15, -0.1) is 0 Å². The fourth-order valence-electron chi connectivity index (χ4n) is 1.58. The first-order chi connectivity index (χ1) is 10.7. The molecule has 0 aliphatic rings. The molecule has 1 aromatic rings. The van der Waals surface area contributed by atoms with Crippen molar-refractivity contribution in [3.05, 3.63) is 23.6 Å². The number of alkyl halides is 3. The van der Waals surface area contributed by atoms with Crippen LogP contribution in [0.5, 0.6) is 0 Å². The van der Waals surface area contributed by atoms with E-state index in [4.69, 9.17) is 5.73 Å².